The minimum Gasteiger partial charge on any atom is -0.253 e. The zero-order chi connectivity index (χ0) is 14.0. The van der Waals surface area contributed by atoms with Gasteiger partial charge in [0.15, 0.2) is 0 Å². The summed E-state index contributed by atoms with van der Waals surface area (Å²) in [6.45, 7) is 8.64. The number of H-pyrrole nitrogens is 1. The normalized spacial score (nSPS) is 12.3. The van der Waals surface area contributed by atoms with E-state index in [1.165, 1.54) is 0 Å². The van der Waals surface area contributed by atoms with Crippen LogP contribution in [0.1, 0.15) is 11.3 Å². The fourth-order valence-electron chi connectivity index (χ4n) is 1.74. The molecule has 4 nitrogen and oxygen atoms in total. The highest BCUT2D eigenvalue weighted by Crippen LogP contribution is 2.27. The van der Waals surface area contributed by atoms with Gasteiger partial charge in [0, 0.05) is 0 Å². The molecular weight excluding hydrogens is 276 g/mol. The summed E-state index contributed by atoms with van der Waals surface area (Å²) in [6, 6.07) is 5.79. The molecule has 0 aliphatic rings. The summed E-state index contributed by atoms with van der Waals surface area (Å²) in [5.41, 5.74) is 2.57. The van der Waals surface area contributed by atoms with Gasteiger partial charge in [-0.25, -0.2) is 0 Å². The quantitative estimate of drug-likeness (QED) is 0.698. The number of aryl methyl sites for hydroxylation is 1. The van der Waals surface area contributed by atoms with E-state index in [1.807, 2.05) is 25.1 Å². The number of aromatic nitrogens is 3. The number of nitrogens with one attached hydrogen (secondary N) is 1. The predicted molar refractivity (Wildman–Crippen MR) is 82.8 cm³/mol. The number of hydrogen-bond donors (Lipinski definition) is 1. The molecule has 6 heteroatoms. The molecule has 0 atom stereocenters. The molecule has 1 N–H and O–H groups in total. The van der Waals surface area contributed by atoms with E-state index in [0.29, 0.717) is 5.02 Å². The molecule has 0 saturated carbocycles. The second-order valence-electron chi connectivity index (χ2n) is 5.47. The van der Waals surface area contributed by atoms with Gasteiger partial charge in [0.1, 0.15) is 13.8 Å². The van der Waals surface area contributed by atoms with Crippen molar-refractivity contribution in [1.29, 1.82) is 0 Å². The average Bonchev–Trinajstić information content (AvgIpc) is 2.79. The van der Waals surface area contributed by atoms with Gasteiger partial charge in [0.25, 0.3) is 0 Å². The number of hydrogen-bond acceptors (Lipinski definition) is 3. The molecule has 0 radical (unpaired) electrons. The first-order valence-electron chi connectivity index (χ1n) is 6.10. The molecule has 19 heavy (non-hydrogen) atoms. The van der Waals surface area contributed by atoms with Gasteiger partial charge < -0.3 is 0 Å². The lowest BCUT2D eigenvalue weighted by molar-refractivity contribution is 0.942. The molecule has 0 aliphatic heterocycles. The van der Waals surface area contributed by atoms with Crippen LogP contribution >= 0.6 is 11.6 Å². The first-order valence-corrected chi connectivity index (χ1v) is 9.98. The fourth-order valence-corrected chi connectivity index (χ4v) is 3.19. The summed E-state index contributed by atoms with van der Waals surface area (Å²) in [5.74, 6) is 0. The highest BCUT2D eigenvalue weighted by atomic mass is 35.5. The SMILES string of the molecule is Cc1cccc(N=Cc2n[nH]nc2[Si](C)(C)C)c1Cl. The van der Waals surface area contributed by atoms with E-state index in [1.54, 1.807) is 6.21 Å². The molecule has 0 aliphatic carbocycles. The summed E-state index contributed by atoms with van der Waals surface area (Å²) in [7, 11) is -1.52. The maximum atomic E-state index is 6.21. The Labute approximate surface area is 118 Å². The van der Waals surface area contributed by atoms with Crippen LogP contribution in [0.5, 0.6) is 0 Å². The molecule has 0 unspecified atom stereocenters. The van der Waals surface area contributed by atoms with Crippen molar-refractivity contribution in [3.63, 3.8) is 0 Å². The van der Waals surface area contributed by atoms with Crippen molar-refractivity contribution in [2.45, 2.75) is 26.6 Å². The molecule has 1 aromatic heterocycles. The van der Waals surface area contributed by atoms with Crippen molar-refractivity contribution < 1.29 is 0 Å². The number of aliphatic imine (C=N–C) groups is 1. The molecule has 0 saturated heterocycles. The highest BCUT2D eigenvalue weighted by Gasteiger charge is 2.23. The van der Waals surface area contributed by atoms with Crippen LogP contribution < -0.4 is 5.32 Å². The van der Waals surface area contributed by atoms with Gasteiger partial charge in [0.05, 0.1) is 22.2 Å². The summed E-state index contributed by atoms with van der Waals surface area (Å²) in [5, 5.41) is 12.8. The molecule has 0 bridgehead atoms. The van der Waals surface area contributed by atoms with Crippen LogP contribution in [-0.4, -0.2) is 29.7 Å². The van der Waals surface area contributed by atoms with Gasteiger partial charge in [-0.2, -0.15) is 15.4 Å². The van der Waals surface area contributed by atoms with Gasteiger partial charge >= 0.3 is 0 Å². The van der Waals surface area contributed by atoms with E-state index in [4.69, 9.17) is 11.6 Å². The Morgan fingerprint density at radius 3 is 2.68 bits per heavy atom. The minimum absolute atomic E-state index is 0.678. The third-order valence-corrected chi connectivity index (χ3v) is 5.06. The zero-order valence-electron chi connectivity index (χ0n) is 11.5. The Balaban J connectivity index is 2.34. The zero-order valence-corrected chi connectivity index (χ0v) is 13.3. The van der Waals surface area contributed by atoms with Crippen LogP contribution in [0.25, 0.3) is 0 Å². The highest BCUT2D eigenvalue weighted by molar-refractivity contribution is 6.88. The summed E-state index contributed by atoms with van der Waals surface area (Å²) >= 11 is 6.21. The maximum Gasteiger partial charge on any atom is 0.122 e. The van der Waals surface area contributed by atoms with Crippen LogP contribution in [0.3, 0.4) is 0 Å². The lowest BCUT2D eigenvalue weighted by atomic mass is 10.2. The Hall–Kier alpha value is -1.46. The maximum absolute atomic E-state index is 6.21. The van der Waals surface area contributed by atoms with Crippen LogP contribution in [-0.2, 0) is 0 Å². The molecule has 0 fully saturated rings. The topological polar surface area (TPSA) is 53.9 Å². The first-order chi connectivity index (χ1) is 8.89. The van der Waals surface area contributed by atoms with Crippen LogP contribution in [0, 0.1) is 6.92 Å². The number of halogens is 1. The van der Waals surface area contributed by atoms with Crippen molar-refractivity contribution in [1.82, 2.24) is 15.4 Å². The second kappa shape index (κ2) is 5.26. The van der Waals surface area contributed by atoms with Crippen LogP contribution in [0.2, 0.25) is 24.7 Å². The summed E-state index contributed by atoms with van der Waals surface area (Å²) in [4.78, 5) is 4.43. The van der Waals surface area contributed by atoms with E-state index in [-0.39, 0.29) is 0 Å². The van der Waals surface area contributed by atoms with Crippen LogP contribution in [0.15, 0.2) is 23.2 Å². The summed E-state index contributed by atoms with van der Waals surface area (Å²) in [6.07, 6.45) is 1.73. The van der Waals surface area contributed by atoms with E-state index in [0.717, 1.165) is 22.3 Å². The van der Waals surface area contributed by atoms with Gasteiger partial charge in [-0.3, -0.25) is 4.99 Å². The second-order valence-corrected chi connectivity index (χ2v) is 10.8. The van der Waals surface area contributed by atoms with Crippen molar-refractivity contribution in [2.75, 3.05) is 0 Å². The Bertz CT molecular complexity index is 613. The smallest absolute Gasteiger partial charge is 0.122 e. The Kier molecular flexibility index (Phi) is 3.87. The van der Waals surface area contributed by atoms with E-state index in [9.17, 15) is 0 Å². The van der Waals surface area contributed by atoms with Crippen LogP contribution in [0.4, 0.5) is 5.69 Å². The average molecular weight is 293 g/mol. The van der Waals surface area contributed by atoms with Gasteiger partial charge in [-0.1, -0.05) is 43.4 Å². The van der Waals surface area contributed by atoms with Gasteiger partial charge in [0.2, 0.25) is 0 Å². The molecular formula is C13H17ClN4Si. The van der Waals surface area contributed by atoms with Gasteiger partial charge in [-0.15, -0.1) is 0 Å². The number of rotatable bonds is 3. The van der Waals surface area contributed by atoms with Crippen molar-refractivity contribution >= 4 is 36.9 Å². The minimum atomic E-state index is -1.52. The monoisotopic (exact) mass is 292 g/mol. The fraction of sp³-hybridized carbons (Fsp3) is 0.308. The van der Waals surface area contributed by atoms with E-state index >= 15 is 0 Å². The molecule has 0 amide bonds. The molecule has 1 heterocycles. The lowest BCUT2D eigenvalue weighted by Crippen LogP contribution is -2.41. The molecule has 0 spiro atoms. The standard InChI is InChI=1S/C13H17ClN4Si/c1-9-6-5-7-10(12(9)14)15-8-11-13(17-18-16-11)19(2,3)4/h5-8H,1-4H3,(H,16,17,18). The third kappa shape index (κ3) is 3.11. The molecule has 100 valence electrons. The van der Waals surface area contributed by atoms with Gasteiger partial charge in [-0.05, 0) is 18.6 Å². The Morgan fingerprint density at radius 1 is 1.26 bits per heavy atom. The number of aromatic amines is 1. The lowest BCUT2D eigenvalue weighted by Gasteiger charge is -2.11. The third-order valence-electron chi connectivity index (χ3n) is 2.78. The number of benzene rings is 1. The van der Waals surface area contributed by atoms with Crippen molar-refractivity contribution in [3.8, 4) is 0 Å². The van der Waals surface area contributed by atoms with E-state index in [2.05, 4.69) is 40.0 Å². The molecule has 2 aromatic rings. The molecule has 2 rings (SSSR count). The summed E-state index contributed by atoms with van der Waals surface area (Å²) < 4.78 is 0. The van der Waals surface area contributed by atoms with Crippen molar-refractivity contribution in [2.24, 2.45) is 4.99 Å². The largest absolute Gasteiger partial charge is 0.253 e. The Morgan fingerprint density at radius 2 is 2.00 bits per heavy atom. The number of nitrogens with zero attached hydrogens (tertiary/aromatic N) is 3. The molecule has 1 aromatic carbocycles. The van der Waals surface area contributed by atoms with Crippen molar-refractivity contribution in [3.05, 3.63) is 34.5 Å². The predicted octanol–water partition coefficient (Wildman–Crippen LogP) is 3.06. The van der Waals surface area contributed by atoms with E-state index < -0.39 is 8.07 Å². The first kappa shape index (κ1) is 14.0.